The van der Waals surface area contributed by atoms with Crippen molar-refractivity contribution in [2.45, 2.75) is 39.5 Å². The lowest BCUT2D eigenvalue weighted by molar-refractivity contribution is -0.116. The lowest BCUT2D eigenvalue weighted by atomic mass is 10.0. The van der Waals surface area contributed by atoms with Gasteiger partial charge in [0, 0.05) is 54.5 Å². The number of pyridine rings is 2. The number of aromatic nitrogens is 6. The van der Waals surface area contributed by atoms with Crippen LogP contribution in [0.1, 0.15) is 39.5 Å². The molecule has 1 amide bonds. The third kappa shape index (κ3) is 4.57. The molecule has 5 heterocycles. The van der Waals surface area contributed by atoms with Crippen molar-refractivity contribution in [2.24, 2.45) is 5.92 Å². The van der Waals surface area contributed by atoms with E-state index in [2.05, 4.69) is 35.4 Å². The number of piperidine rings is 1. The zero-order valence-electron chi connectivity index (χ0n) is 21.4. The van der Waals surface area contributed by atoms with E-state index in [1.807, 2.05) is 19.9 Å². The van der Waals surface area contributed by atoms with Gasteiger partial charge < -0.3 is 15.2 Å². The zero-order chi connectivity index (χ0) is 26.2. The second-order valence-electron chi connectivity index (χ2n) is 10.2. The van der Waals surface area contributed by atoms with Gasteiger partial charge in [-0.15, -0.1) is 0 Å². The minimum Gasteiger partial charge on any atom is -0.355 e. The van der Waals surface area contributed by atoms with Crippen LogP contribution < -0.4 is 10.2 Å². The highest BCUT2D eigenvalue weighted by molar-refractivity contribution is 5.97. The number of benzene rings is 1. The molecule has 1 aliphatic heterocycles. The molecule has 5 aromatic rings. The smallest absolute Gasteiger partial charge is 0.224 e. The summed E-state index contributed by atoms with van der Waals surface area (Å²) in [6.07, 6.45) is 8.86. The van der Waals surface area contributed by atoms with E-state index < -0.39 is 5.82 Å². The number of amides is 1. The van der Waals surface area contributed by atoms with E-state index in [9.17, 15) is 4.79 Å². The third-order valence-electron chi connectivity index (χ3n) is 6.84. The summed E-state index contributed by atoms with van der Waals surface area (Å²) in [6, 6.07) is 6.81. The zero-order valence-corrected chi connectivity index (χ0v) is 21.4. The maximum absolute atomic E-state index is 15.2. The molecule has 0 saturated carbocycles. The Hall–Kier alpha value is -4.34. The predicted molar refractivity (Wildman–Crippen MR) is 146 cm³/mol. The number of hydrogen-bond donors (Lipinski definition) is 3. The Morgan fingerprint density at radius 3 is 2.79 bits per heavy atom. The fraction of sp³-hybridized carbons (Fsp3) is 0.321. The number of carbonyl (C=O) groups is 1. The van der Waals surface area contributed by atoms with E-state index in [1.165, 1.54) is 12.5 Å². The SMILES string of the molecule is CC(C)CC(=O)Nc1cncc(-c2cc3c(-c4nc5c(N6CCCCC6)nccc5[nH]4)n[nH]c3cc2F)c1. The molecule has 4 aromatic heterocycles. The van der Waals surface area contributed by atoms with Crippen LogP contribution in [-0.4, -0.2) is 49.1 Å². The topological polar surface area (TPSA) is 115 Å². The van der Waals surface area contributed by atoms with Crippen LogP contribution in [0.25, 0.3) is 44.6 Å². The number of hydrogen-bond acceptors (Lipinski definition) is 6. The van der Waals surface area contributed by atoms with Crippen LogP contribution in [-0.2, 0) is 4.79 Å². The van der Waals surface area contributed by atoms with Crippen LogP contribution in [0.15, 0.2) is 42.9 Å². The van der Waals surface area contributed by atoms with Gasteiger partial charge in [-0.25, -0.2) is 14.4 Å². The molecule has 9 nitrogen and oxygen atoms in total. The van der Waals surface area contributed by atoms with Gasteiger partial charge in [0.1, 0.15) is 17.0 Å². The summed E-state index contributed by atoms with van der Waals surface area (Å²) >= 11 is 0. The van der Waals surface area contributed by atoms with Crippen LogP contribution in [0.3, 0.4) is 0 Å². The van der Waals surface area contributed by atoms with Gasteiger partial charge in [-0.2, -0.15) is 5.10 Å². The van der Waals surface area contributed by atoms with Crippen molar-refractivity contribution in [3.05, 3.63) is 48.7 Å². The Morgan fingerprint density at radius 1 is 1.13 bits per heavy atom. The molecule has 1 aliphatic rings. The molecule has 10 heteroatoms. The summed E-state index contributed by atoms with van der Waals surface area (Å²) in [7, 11) is 0. The quantitative estimate of drug-likeness (QED) is 0.270. The summed E-state index contributed by atoms with van der Waals surface area (Å²) < 4.78 is 15.2. The van der Waals surface area contributed by atoms with Crippen molar-refractivity contribution in [3.63, 3.8) is 0 Å². The third-order valence-corrected chi connectivity index (χ3v) is 6.84. The first kappa shape index (κ1) is 24.0. The van der Waals surface area contributed by atoms with Crippen molar-refractivity contribution in [1.29, 1.82) is 0 Å². The van der Waals surface area contributed by atoms with Gasteiger partial charge in [0.15, 0.2) is 11.6 Å². The number of fused-ring (bicyclic) bond motifs is 2. The Balaban J connectivity index is 1.38. The van der Waals surface area contributed by atoms with E-state index in [0.29, 0.717) is 40.3 Å². The number of rotatable bonds is 6. The summed E-state index contributed by atoms with van der Waals surface area (Å²) in [5.74, 6) is 1.17. The Labute approximate surface area is 218 Å². The molecule has 0 radical (unpaired) electrons. The van der Waals surface area contributed by atoms with E-state index in [-0.39, 0.29) is 11.8 Å². The second kappa shape index (κ2) is 9.85. The first-order valence-electron chi connectivity index (χ1n) is 13.0. The van der Waals surface area contributed by atoms with Crippen molar-refractivity contribution < 1.29 is 9.18 Å². The molecule has 1 aromatic carbocycles. The minimum atomic E-state index is -0.415. The molecular formula is C28H29FN8O. The van der Waals surface area contributed by atoms with Gasteiger partial charge in [0.25, 0.3) is 0 Å². The largest absolute Gasteiger partial charge is 0.355 e. The van der Waals surface area contributed by atoms with Gasteiger partial charge in [0.2, 0.25) is 5.91 Å². The molecule has 3 N–H and O–H groups in total. The van der Waals surface area contributed by atoms with Crippen LogP contribution >= 0.6 is 0 Å². The molecule has 1 fully saturated rings. The number of carbonyl (C=O) groups excluding carboxylic acids is 1. The lowest BCUT2D eigenvalue weighted by Crippen LogP contribution is -2.30. The number of halogens is 1. The van der Waals surface area contributed by atoms with Crippen LogP contribution in [0, 0.1) is 11.7 Å². The molecule has 0 spiro atoms. The Kier molecular flexibility index (Phi) is 6.22. The number of nitrogens with one attached hydrogen (secondary N) is 3. The molecule has 0 bridgehead atoms. The van der Waals surface area contributed by atoms with E-state index in [0.717, 1.165) is 48.2 Å². The lowest BCUT2D eigenvalue weighted by Gasteiger charge is -2.27. The van der Waals surface area contributed by atoms with Gasteiger partial charge in [-0.1, -0.05) is 13.8 Å². The maximum atomic E-state index is 15.2. The normalized spacial score (nSPS) is 14.1. The van der Waals surface area contributed by atoms with Crippen LogP contribution in [0.4, 0.5) is 15.9 Å². The second-order valence-corrected chi connectivity index (χ2v) is 10.2. The van der Waals surface area contributed by atoms with Gasteiger partial charge in [0.05, 0.1) is 22.9 Å². The van der Waals surface area contributed by atoms with Crippen LogP contribution in [0.2, 0.25) is 0 Å². The molecule has 6 rings (SSSR count). The first-order valence-corrected chi connectivity index (χ1v) is 13.0. The number of anilines is 2. The van der Waals surface area contributed by atoms with Gasteiger partial charge in [-0.05, 0) is 43.4 Å². The molecule has 0 unspecified atom stereocenters. The van der Waals surface area contributed by atoms with Crippen molar-refractivity contribution in [2.75, 3.05) is 23.3 Å². The predicted octanol–water partition coefficient (Wildman–Crippen LogP) is 5.68. The number of H-pyrrole nitrogens is 2. The summed E-state index contributed by atoms with van der Waals surface area (Å²) in [5, 5.41) is 11.0. The summed E-state index contributed by atoms with van der Waals surface area (Å²) in [4.78, 5) is 31.6. The standard InChI is InChI=1S/C28H29FN8O/c1-16(2)10-24(38)32-18-11-17(14-30-15-18)19-12-20-23(13-21(19)29)35-36-25(20)27-33-22-6-7-31-28(26(22)34-27)37-8-4-3-5-9-37/h6-7,11-16H,3-5,8-10H2,1-2H3,(H,32,38)(H,33,34)(H,35,36). The van der Waals surface area contributed by atoms with Crippen molar-refractivity contribution >= 4 is 39.3 Å². The van der Waals surface area contributed by atoms with Gasteiger partial charge >= 0.3 is 0 Å². The average molecular weight is 513 g/mol. The van der Waals surface area contributed by atoms with Gasteiger partial charge in [-0.3, -0.25) is 14.9 Å². The molecule has 194 valence electrons. The molecule has 0 aliphatic carbocycles. The molecule has 38 heavy (non-hydrogen) atoms. The Morgan fingerprint density at radius 2 is 1.97 bits per heavy atom. The highest BCUT2D eigenvalue weighted by atomic mass is 19.1. The summed E-state index contributed by atoms with van der Waals surface area (Å²) in [6.45, 7) is 5.89. The number of imidazole rings is 1. The van der Waals surface area contributed by atoms with E-state index in [4.69, 9.17) is 4.98 Å². The molecular weight excluding hydrogens is 483 g/mol. The van der Waals surface area contributed by atoms with Crippen molar-refractivity contribution in [3.8, 4) is 22.6 Å². The molecule has 0 atom stereocenters. The highest BCUT2D eigenvalue weighted by Crippen LogP contribution is 2.34. The van der Waals surface area contributed by atoms with E-state index >= 15 is 4.39 Å². The molecule has 1 saturated heterocycles. The van der Waals surface area contributed by atoms with E-state index in [1.54, 1.807) is 30.7 Å². The average Bonchev–Trinajstić information content (AvgIpc) is 3.52. The Bertz CT molecular complexity index is 1630. The van der Waals surface area contributed by atoms with Crippen LogP contribution in [0.5, 0.6) is 0 Å². The summed E-state index contributed by atoms with van der Waals surface area (Å²) in [5.41, 5.74) is 4.27. The fourth-order valence-electron chi connectivity index (χ4n) is 5.05. The minimum absolute atomic E-state index is 0.102. The first-order chi connectivity index (χ1) is 18.5. The number of aromatic amines is 2. The maximum Gasteiger partial charge on any atom is 0.224 e. The number of nitrogens with zero attached hydrogens (tertiary/aromatic N) is 5. The fourth-order valence-corrected chi connectivity index (χ4v) is 5.05. The highest BCUT2D eigenvalue weighted by Gasteiger charge is 2.21. The monoisotopic (exact) mass is 512 g/mol. The van der Waals surface area contributed by atoms with Crippen molar-refractivity contribution in [1.82, 2.24) is 30.1 Å².